The van der Waals surface area contributed by atoms with E-state index < -0.39 is 5.54 Å². The molecular formula is C17H24FNO. The number of halogens is 1. The van der Waals surface area contributed by atoms with Gasteiger partial charge in [0.05, 0.1) is 5.54 Å². The second-order valence-electron chi connectivity index (χ2n) is 5.70. The molecule has 0 saturated heterocycles. The molecule has 1 aromatic rings. The smallest absolute Gasteiger partial charge is 0.183 e. The Labute approximate surface area is 121 Å². The summed E-state index contributed by atoms with van der Waals surface area (Å²) in [5, 5.41) is 0. The highest BCUT2D eigenvalue weighted by Crippen LogP contribution is 2.38. The summed E-state index contributed by atoms with van der Waals surface area (Å²) in [6.45, 7) is 7.62. The van der Waals surface area contributed by atoms with Crippen LogP contribution in [-0.2, 0) is 0 Å². The minimum atomic E-state index is -0.412. The third-order valence-corrected chi connectivity index (χ3v) is 4.66. The van der Waals surface area contributed by atoms with E-state index in [1.54, 1.807) is 19.1 Å². The Morgan fingerprint density at radius 3 is 2.35 bits per heavy atom. The predicted molar refractivity (Wildman–Crippen MR) is 79.6 cm³/mol. The summed E-state index contributed by atoms with van der Waals surface area (Å²) in [5.74, 6) is -0.193. The lowest BCUT2D eigenvalue weighted by Gasteiger charge is -2.39. The molecule has 2 nitrogen and oxygen atoms in total. The number of ketones is 1. The average Bonchev–Trinajstić information content (AvgIpc) is 2.93. The van der Waals surface area contributed by atoms with Crippen LogP contribution < -0.4 is 0 Å². The number of nitrogens with zero attached hydrogens (tertiary/aromatic N) is 1. The van der Waals surface area contributed by atoms with Crippen LogP contribution in [0.25, 0.3) is 0 Å². The summed E-state index contributed by atoms with van der Waals surface area (Å²) in [7, 11) is 0. The number of rotatable bonds is 5. The fraction of sp³-hybridized carbons (Fsp3) is 0.588. The van der Waals surface area contributed by atoms with Crippen molar-refractivity contribution >= 4 is 5.78 Å². The highest BCUT2D eigenvalue weighted by Gasteiger charge is 2.45. The number of carbonyl (C=O) groups is 1. The number of aryl methyl sites for hydroxylation is 1. The minimum Gasteiger partial charge on any atom is -0.292 e. The van der Waals surface area contributed by atoms with Gasteiger partial charge in [0, 0.05) is 5.56 Å². The van der Waals surface area contributed by atoms with Crippen LogP contribution in [-0.4, -0.2) is 29.3 Å². The van der Waals surface area contributed by atoms with Crippen molar-refractivity contribution in [2.75, 3.05) is 13.1 Å². The van der Waals surface area contributed by atoms with Crippen LogP contribution >= 0.6 is 0 Å². The van der Waals surface area contributed by atoms with Gasteiger partial charge in [-0.2, -0.15) is 0 Å². The maximum atomic E-state index is 13.8. The number of hydrogen-bond donors (Lipinski definition) is 0. The van der Waals surface area contributed by atoms with Gasteiger partial charge in [0.25, 0.3) is 0 Å². The molecule has 110 valence electrons. The Kier molecular flexibility index (Phi) is 4.59. The van der Waals surface area contributed by atoms with Crippen LogP contribution in [0, 0.1) is 12.7 Å². The summed E-state index contributed by atoms with van der Waals surface area (Å²) in [4.78, 5) is 15.2. The van der Waals surface area contributed by atoms with E-state index in [0.717, 1.165) is 38.8 Å². The molecule has 1 aliphatic rings. The number of likely N-dealkylation sites (N-methyl/N-ethyl adjacent to an activating group) is 1. The van der Waals surface area contributed by atoms with E-state index in [2.05, 4.69) is 18.7 Å². The quantitative estimate of drug-likeness (QED) is 0.759. The third-order valence-electron chi connectivity index (χ3n) is 4.66. The SMILES string of the molecule is CCN(CC)C1(C(=O)c2ccc(C)c(F)c2)CCCC1. The van der Waals surface area contributed by atoms with Crippen LogP contribution in [0.15, 0.2) is 18.2 Å². The Morgan fingerprint density at radius 1 is 1.25 bits per heavy atom. The first-order valence-corrected chi connectivity index (χ1v) is 7.61. The van der Waals surface area contributed by atoms with Crippen molar-refractivity contribution in [2.45, 2.75) is 52.0 Å². The first-order chi connectivity index (χ1) is 9.55. The summed E-state index contributed by atoms with van der Waals surface area (Å²) in [6, 6.07) is 4.87. The Balaban J connectivity index is 2.38. The molecule has 0 bridgehead atoms. The lowest BCUT2D eigenvalue weighted by molar-refractivity contribution is 0.0584. The molecular weight excluding hydrogens is 253 g/mol. The summed E-state index contributed by atoms with van der Waals surface area (Å²) in [6.07, 6.45) is 3.94. The van der Waals surface area contributed by atoms with Gasteiger partial charge >= 0.3 is 0 Å². The molecule has 0 heterocycles. The lowest BCUT2D eigenvalue weighted by atomic mass is 9.85. The molecule has 1 saturated carbocycles. The Hall–Kier alpha value is -1.22. The van der Waals surface area contributed by atoms with Crippen molar-refractivity contribution in [2.24, 2.45) is 0 Å². The second-order valence-corrected chi connectivity index (χ2v) is 5.70. The highest BCUT2D eigenvalue weighted by atomic mass is 19.1. The predicted octanol–water partition coefficient (Wildman–Crippen LogP) is 3.97. The molecule has 0 radical (unpaired) electrons. The van der Waals surface area contributed by atoms with Gasteiger partial charge in [-0.1, -0.05) is 38.8 Å². The zero-order valence-electron chi connectivity index (χ0n) is 12.7. The molecule has 0 unspecified atom stereocenters. The van der Waals surface area contributed by atoms with E-state index in [-0.39, 0.29) is 11.6 Å². The Bertz CT molecular complexity index is 488. The summed E-state index contributed by atoms with van der Waals surface area (Å²) < 4.78 is 13.8. The summed E-state index contributed by atoms with van der Waals surface area (Å²) in [5.41, 5.74) is 0.692. The third kappa shape index (κ3) is 2.51. The molecule has 2 rings (SSSR count). The topological polar surface area (TPSA) is 20.3 Å². The van der Waals surface area contributed by atoms with Gasteiger partial charge in [-0.3, -0.25) is 9.69 Å². The average molecular weight is 277 g/mol. The Morgan fingerprint density at radius 2 is 1.85 bits per heavy atom. The van der Waals surface area contributed by atoms with Gasteiger partial charge in [-0.05, 0) is 44.5 Å². The molecule has 1 aliphatic carbocycles. The zero-order chi connectivity index (χ0) is 14.8. The maximum Gasteiger partial charge on any atom is 0.183 e. The molecule has 0 N–H and O–H groups in total. The molecule has 3 heteroatoms. The second kappa shape index (κ2) is 6.04. The van der Waals surface area contributed by atoms with Gasteiger partial charge in [-0.25, -0.2) is 4.39 Å². The number of Topliss-reactive ketones (excluding diaryl/α,β-unsaturated/α-hetero) is 1. The monoisotopic (exact) mass is 277 g/mol. The molecule has 0 atom stereocenters. The van der Waals surface area contributed by atoms with Gasteiger partial charge in [-0.15, -0.1) is 0 Å². The van der Waals surface area contributed by atoms with E-state index in [9.17, 15) is 9.18 Å². The van der Waals surface area contributed by atoms with Crippen LogP contribution in [0.5, 0.6) is 0 Å². The van der Waals surface area contributed by atoms with Gasteiger partial charge in [0.2, 0.25) is 0 Å². The van der Waals surface area contributed by atoms with Gasteiger partial charge in [0.15, 0.2) is 5.78 Å². The fourth-order valence-electron chi connectivity index (χ4n) is 3.48. The van der Waals surface area contributed by atoms with Crippen LogP contribution in [0.4, 0.5) is 4.39 Å². The first kappa shape index (κ1) is 15.2. The number of carbonyl (C=O) groups excluding carboxylic acids is 1. The van der Waals surface area contributed by atoms with E-state index in [0.29, 0.717) is 11.1 Å². The molecule has 20 heavy (non-hydrogen) atoms. The normalized spacial score (nSPS) is 17.6. The van der Waals surface area contributed by atoms with Gasteiger partial charge < -0.3 is 0 Å². The molecule has 1 fully saturated rings. The number of hydrogen-bond acceptors (Lipinski definition) is 2. The number of benzene rings is 1. The molecule has 0 aromatic heterocycles. The molecule has 0 spiro atoms. The van der Waals surface area contributed by atoms with Crippen LogP contribution in [0.2, 0.25) is 0 Å². The minimum absolute atomic E-state index is 0.0950. The fourth-order valence-corrected chi connectivity index (χ4v) is 3.48. The maximum absolute atomic E-state index is 13.8. The highest BCUT2D eigenvalue weighted by molar-refractivity contribution is 6.03. The first-order valence-electron chi connectivity index (χ1n) is 7.61. The van der Waals surface area contributed by atoms with Crippen molar-refractivity contribution in [3.8, 4) is 0 Å². The van der Waals surface area contributed by atoms with Crippen molar-refractivity contribution in [1.82, 2.24) is 4.90 Å². The van der Waals surface area contributed by atoms with Gasteiger partial charge in [0.1, 0.15) is 5.82 Å². The summed E-state index contributed by atoms with van der Waals surface area (Å²) >= 11 is 0. The van der Waals surface area contributed by atoms with E-state index in [4.69, 9.17) is 0 Å². The van der Waals surface area contributed by atoms with Crippen LogP contribution in [0.3, 0.4) is 0 Å². The van der Waals surface area contributed by atoms with E-state index in [1.165, 1.54) is 6.07 Å². The van der Waals surface area contributed by atoms with Crippen molar-refractivity contribution < 1.29 is 9.18 Å². The molecule has 0 aliphatic heterocycles. The van der Waals surface area contributed by atoms with Crippen molar-refractivity contribution in [3.05, 3.63) is 35.1 Å². The molecule has 1 aromatic carbocycles. The zero-order valence-corrected chi connectivity index (χ0v) is 12.7. The molecule has 0 amide bonds. The van der Waals surface area contributed by atoms with Crippen molar-refractivity contribution in [1.29, 1.82) is 0 Å². The lowest BCUT2D eigenvalue weighted by Crippen LogP contribution is -2.52. The largest absolute Gasteiger partial charge is 0.292 e. The van der Waals surface area contributed by atoms with E-state index in [1.807, 2.05) is 0 Å². The standard InChI is InChI=1S/C17H24FNO/c1-4-19(5-2)17(10-6-7-11-17)16(20)14-9-8-13(3)15(18)12-14/h8-9,12H,4-7,10-11H2,1-3H3. The van der Waals surface area contributed by atoms with Crippen LogP contribution in [0.1, 0.15) is 55.5 Å². The van der Waals surface area contributed by atoms with Crippen molar-refractivity contribution in [3.63, 3.8) is 0 Å². The van der Waals surface area contributed by atoms with E-state index >= 15 is 0 Å².